The van der Waals surface area contributed by atoms with Crippen molar-refractivity contribution in [2.75, 3.05) is 6.54 Å². The van der Waals surface area contributed by atoms with Crippen LogP contribution in [0.3, 0.4) is 0 Å². The molecule has 1 heterocycles. The topological polar surface area (TPSA) is 64.1 Å². The van der Waals surface area contributed by atoms with Crippen LogP contribution in [0.2, 0.25) is 0 Å². The van der Waals surface area contributed by atoms with Gasteiger partial charge >= 0.3 is 0 Å². The van der Waals surface area contributed by atoms with E-state index in [0.717, 1.165) is 11.3 Å². The van der Waals surface area contributed by atoms with Crippen LogP contribution in [0, 0.1) is 0 Å². The van der Waals surface area contributed by atoms with Gasteiger partial charge in [0.1, 0.15) is 0 Å². The van der Waals surface area contributed by atoms with E-state index in [-0.39, 0.29) is 0 Å². The summed E-state index contributed by atoms with van der Waals surface area (Å²) >= 11 is 0. The lowest BCUT2D eigenvalue weighted by Crippen LogP contribution is -2.46. The number of rotatable bonds is 5. The third kappa shape index (κ3) is 2.69. The standard InChI is InChI=1S/C15H21N3O/c1-12(19)15(11-16,13-6-4-3-5-7-13)10-14-8-9-18(2)17-14/h3-9,12,19H,10-11,16H2,1-2H3. The maximum Gasteiger partial charge on any atom is 0.0634 e. The number of hydrogen-bond donors (Lipinski definition) is 2. The van der Waals surface area contributed by atoms with E-state index in [4.69, 9.17) is 5.73 Å². The Labute approximate surface area is 113 Å². The van der Waals surface area contributed by atoms with Crippen LogP contribution in [-0.2, 0) is 18.9 Å². The van der Waals surface area contributed by atoms with Gasteiger partial charge in [-0.1, -0.05) is 30.3 Å². The second kappa shape index (κ2) is 5.55. The normalized spacial score (nSPS) is 16.0. The van der Waals surface area contributed by atoms with Gasteiger partial charge in [-0.05, 0) is 18.6 Å². The van der Waals surface area contributed by atoms with E-state index in [9.17, 15) is 5.11 Å². The Morgan fingerprint density at radius 3 is 2.47 bits per heavy atom. The van der Waals surface area contributed by atoms with Crippen molar-refractivity contribution in [1.82, 2.24) is 9.78 Å². The minimum atomic E-state index is -0.540. The van der Waals surface area contributed by atoms with Crippen molar-refractivity contribution >= 4 is 0 Å². The summed E-state index contributed by atoms with van der Waals surface area (Å²) in [7, 11) is 1.89. The van der Waals surface area contributed by atoms with Crippen LogP contribution in [0.5, 0.6) is 0 Å². The van der Waals surface area contributed by atoms with Gasteiger partial charge in [-0.25, -0.2) is 0 Å². The van der Waals surface area contributed by atoms with Crippen LogP contribution in [-0.4, -0.2) is 27.5 Å². The van der Waals surface area contributed by atoms with E-state index in [1.807, 2.05) is 49.6 Å². The zero-order valence-electron chi connectivity index (χ0n) is 11.5. The fraction of sp³-hybridized carbons (Fsp3) is 0.400. The van der Waals surface area contributed by atoms with Gasteiger partial charge in [0.2, 0.25) is 0 Å². The Morgan fingerprint density at radius 1 is 1.32 bits per heavy atom. The van der Waals surface area contributed by atoms with E-state index in [0.29, 0.717) is 13.0 Å². The third-order valence-corrected chi connectivity index (χ3v) is 3.78. The van der Waals surface area contributed by atoms with Crippen molar-refractivity contribution < 1.29 is 5.11 Å². The minimum Gasteiger partial charge on any atom is -0.392 e. The van der Waals surface area contributed by atoms with E-state index < -0.39 is 11.5 Å². The van der Waals surface area contributed by atoms with Crippen LogP contribution in [0.15, 0.2) is 42.6 Å². The summed E-state index contributed by atoms with van der Waals surface area (Å²) in [5.74, 6) is 0. The average Bonchev–Trinajstić information content (AvgIpc) is 2.82. The molecule has 2 aromatic rings. The summed E-state index contributed by atoms with van der Waals surface area (Å²) in [6.07, 6.45) is 2.00. The fourth-order valence-corrected chi connectivity index (χ4v) is 2.50. The number of aliphatic hydroxyl groups excluding tert-OH is 1. The molecule has 19 heavy (non-hydrogen) atoms. The van der Waals surface area contributed by atoms with Crippen LogP contribution < -0.4 is 5.73 Å². The number of benzene rings is 1. The largest absolute Gasteiger partial charge is 0.392 e. The van der Waals surface area contributed by atoms with Gasteiger partial charge in [0.15, 0.2) is 0 Å². The van der Waals surface area contributed by atoms with Crippen molar-refractivity contribution in [3.63, 3.8) is 0 Å². The number of nitrogens with two attached hydrogens (primary N) is 1. The molecule has 0 aliphatic heterocycles. The molecule has 2 rings (SSSR count). The highest BCUT2D eigenvalue weighted by molar-refractivity contribution is 5.30. The van der Waals surface area contributed by atoms with Gasteiger partial charge in [0, 0.05) is 31.6 Å². The van der Waals surface area contributed by atoms with Crippen molar-refractivity contribution in [2.24, 2.45) is 12.8 Å². The van der Waals surface area contributed by atoms with Crippen molar-refractivity contribution in [2.45, 2.75) is 24.9 Å². The molecule has 102 valence electrons. The molecule has 0 bridgehead atoms. The molecule has 0 radical (unpaired) electrons. The second-order valence-electron chi connectivity index (χ2n) is 5.06. The minimum absolute atomic E-state index is 0.380. The quantitative estimate of drug-likeness (QED) is 0.849. The molecule has 0 saturated heterocycles. The Kier molecular flexibility index (Phi) is 4.02. The number of nitrogens with zero attached hydrogens (tertiary/aromatic N) is 2. The number of aliphatic hydroxyl groups is 1. The smallest absolute Gasteiger partial charge is 0.0634 e. The van der Waals surface area contributed by atoms with E-state index in [1.165, 1.54) is 0 Å². The predicted molar refractivity (Wildman–Crippen MR) is 75.8 cm³/mol. The molecular formula is C15H21N3O. The van der Waals surface area contributed by atoms with Gasteiger partial charge in [-0.3, -0.25) is 4.68 Å². The number of aryl methyl sites for hydroxylation is 1. The highest BCUT2D eigenvalue weighted by atomic mass is 16.3. The molecule has 0 spiro atoms. The summed E-state index contributed by atoms with van der Waals surface area (Å²) in [4.78, 5) is 0. The molecule has 2 unspecified atom stereocenters. The SMILES string of the molecule is CC(O)C(CN)(Cc1ccn(C)n1)c1ccccc1. The first-order valence-electron chi connectivity index (χ1n) is 6.50. The lowest BCUT2D eigenvalue weighted by molar-refractivity contribution is 0.0994. The summed E-state index contributed by atoms with van der Waals surface area (Å²) in [6.45, 7) is 2.17. The second-order valence-corrected chi connectivity index (χ2v) is 5.06. The Balaban J connectivity index is 2.40. The highest BCUT2D eigenvalue weighted by Gasteiger charge is 2.36. The zero-order chi connectivity index (χ0) is 13.9. The van der Waals surface area contributed by atoms with Gasteiger partial charge < -0.3 is 10.8 Å². The number of hydrogen-bond acceptors (Lipinski definition) is 3. The first kappa shape index (κ1) is 13.8. The van der Waals surface area contributed by atoms with Gasteiger partial charge in [0.25, 0.3) is 0 Å². The molecule has 1 aromatic carbocycles. The molecule has 1 aromatic heterocycles. The van der Waals surface area contributed by atoms with Crippen LogP contribution >= 0.6 is 0 Å². The first-order valence-corrected chi connectivity index (χ1v) is 6.50. The lowest BCUT2D eigenvalue weighted by atomic mass is 9.73. The van der Waals surface area contributed by atoms with Gasteiger partial charge in [-0.2, -0.15) is 5.10 Å². The summed E-state index contributed by atoms with van der Waals surface area (Å²) in [6, 6.07) is 11.9. The molecule has 4 nitrogen and oxygen atoms in total. The maximum absolute atomic E-state index is 10.3. The van der Waals surface area contributed by atoms with E-state index >= 15 is 0 Å². The molecule has 0 amide bonds. The van der Waals surface area contributed by atoms with Gasteiger partial charge in [-0.15, -0.1) is 0 Å². The van der Waals surface area contributed by atoms with Crippen molar-refractivity contribution in [3.05, 3.63) is 53.9 Å². The molecule has 0 aliphatic rings. The third-order valence-electron chi connectivity index (χ3n) is 3.78. The molecule has 0 saturated carbocycles. The molecule has 0 aliphatic carbocycles. The van der Waals surface area contributed by atoms with Crippen LogP contribution in [0.1, 0.15) is 18.2 Å². The Morgan fingerprint density at radius 2 is 2.00 bits per heavy atom. The lowest BCUT2D eigenvalue weighted by Gasteiger charge is -2.35. The van der Waals surface area contributed by atoms with Gasteiger partial charge in [0.05, 0.1) is 11.8 Å². The molecule has 2 atom stereocenters. The number of aromatic nitrogens is 2. The Hall–Kier alpha value is -1.65. The van der Waals surface area contributed by atoms with Crippen LogP contribution in [0.4, 0.5) is 0 Å². The van der Waals surface area contributed by atoms with Crippen LogP contribution in [0.25, 0.3) is 0 Å². The predicted octanol–water partition coefficient (Wildman–Crippen LogP) is 1.24. The molecule has 3 N–H and O–H groups in total. The monoisotopic (exact) mass is 259 g/mol. The fourth-order valence-electron chi connectivity index (χ4n) is 2.50. The molecule has 4 heteroatoms. The highest BCUT2D eigenvalue weighted by Crippen LogP contribution is 2.31. The summed E-state index contributed by atoms with van der Waals surface area (Å²) in [5, 5.41) is 14.7. The van der Waals surface area contributed by atoms with E-state index in [1.54, 1.807) is 11.6 Å². The average molecular weight is 259 g/mol. The molecule has 0 fully saturated rings. The van der Waals surface area contributed by atoms with Crippen molar-refractivity contribution in [1.29, 1.82) is 0 Å². The summed E-state index contributed by atoms with van der Waals surface area (Å²) < 4.78 is 1.77. The Bertz CT molecular complexity index is 521. The zero-order valence-corrected chi connectivity index (χ0v) is 11.5. The maximum atomic E-state index is 10.3. The summed E-state index contributed by atoms with van der Waals surface area (Å²) in [5.41, 5.74) is 7.51. The molecular weight excluding hydrogens is 238 g/mol. The van der Waals surface area contributed by atoms with Crippen molar-refractivity contribution in [3.8, 4) is 0 Å². The first-order chi connectivity index (χ1) is 9.08. The van der Waals surface area contributed by atoms with E-state index in [2.05, 4.69) is 5.10 Å².